The average Bonchev–Trinajstić information content (AvgIpc) is 3.71. The predicted molar refractivity (Wildman–Crippen MR) is 192 cm³/mol. The summed E-state index contributed by atoms with van der Waals surface area (Å²) in [4.78, 5) is 0. The Morgan fingerprint density at radius 2 is 0.829 bits per heavy atom. The van der Waals surface area contributed by atoms with E-state index in [0.717, 1.165) is 0 Å². The van der Waals surface area contributed by atoms with Gasteiger partial charge in [0.1, 0.15) is 0 Å². The van der Waals surface area contributed by atoms with Crippen molar-refractivity contribution in [1.82, 2.24) is 0 Å². The Hall–Kier alpha value is 0.183. The Bertz CT molecular complexity index is 631. The Balaban J connectivity index is 0.00000239. The monoisotopic (exact) mass is 688 g/mol. The minimum Gasteiger partial charge on any atom is -0.748 e. The maximum atomic E-state index is 2.59. The van der Waals surface area contributed by atoms with Crippen LogP contribution in [0.15, 0.2) is 48.5 Å². The van der Waals surface area contributed by atoms with Crippen LogP contribution in [0.4, 0.5) is 0 Å². The topological polar surface area (TPSA) is 0 Å². The van der Waals surface area contributed by atoms with E-state index in [1.807, 2.05) is 40.9 Å². The van der Waals surface area contributed by atoms with E-state index in [1.165, 1.54) is 153 Å². The SMILES string of the molecule is CCCCCCCP(CCCCCCC)c1ccc[c-]1P(CCCCCCC)CCCCCCC.[Ru].[cH-]1[cH-][cH-][cH-][cH-]1. The number of hydrogen-bond acceptors (Lipinski definition) is 0. The van der Waals surface area contributed by atoms with E-state index < -0.39 is 0 Å². The second-order valence-corrected chi connectivity index (χ2v) is 16.8. The fraction of sp³-hybridized carbons (Fsp3) is 0.737. The summed E-state index contributed by atoms with van der Waals surface area (Å²) in [6.45, 7) is 9.36. The maximum Gasteiger partial charge on any atom is 0 e. The van der Waals surface area contributed by atoms with Crippen LogP contribution in [0.25, 0.3) is 0 Å². The molecule has 2 aromatic rings. The van der Waals surface area contributed by atoms with Crippen molar-refractivity contribution in [1.29, 1.82) is 0 Å². The van der Waals surface area contributed by atoms with Crippen LogP contribution in [0.2, 0.25) is 0 Å². The summed E-state index contributed by atoms with van der Waals surface area (Å²) in [7, 11) is 0.108. The van der Waals surface area contributed by atoms with Crippen molar-refractivity contribution in [2.75, 3.05) is 24.6 Å². The van der Waals surface area contributed by atoms with Gasteiger partial charge in [0.05, 0.1) is 0 Å². The second kappa shape index (κ2) is 31.6. The average molecular weight is 688 g/mol. The molecule has 0 spiro atoms. The van der Waals surface area contributed by atoms with Gasteiger partial charge in [-0.05, 0) is 50.3 Å². The van der Waals surface area contributed by atoms with E-state index in [0.29, 0.717) is 0 Å². The van der Waals surface area contributed by atoms with Gasteiger partial charge in [-0.3, -0.25) is 0 Å². The quantitative estimate of drug-likeness (QED) is 0.0400. The van der Waals surface area contributed by atoms with E-state index in [4.69, 9.17) is 0 Å². The molecule has 3 heteroatoms. The summed E-state index contributed by atoms with van der Waals surface area (Å²) in [5.74, 6) is 0. The van der Waals surface area contributed by atoms with E-state index >= 15 is 0 Å². The summed E-state index contributed by atoms with van der Waals surface area (Å²) in [5.41, 5.74) is 0. The minimum absolute atomic E-state index is 0. The number of hydrogen-bond donors (Lipinski definition) is 0. The molecule has 0 N–H and O–H groups in total. The van der Waals surface area contributed by atoms with Crippen molar-refractivity contribution in [2.45, 2.75) is 156 Å². The van der Waals surface area contributed by atoms with Crippen molar-refractivity contribution in [3.63, 3.8) is 0 Å². The van der Waals surface area contributed by atoms with Crippen molar-refractivity contribution in [2.24, 2.45) is 0 Å². The molecule has 0 aliphatic rings. The molecule has 0 amide bonds. The fourth-order valence-corrected chi connectivity index (χ4v) is 11.7. The molecule has 0 radical (unpaired) electrons. The Morgan fingerprint density at radius 1 is 0.488 bits per heavy atom. The van der Waals surface area contributed by atoms with Gasteiger partial charge in [-0.15, -0.1) is 26.5 Å². The third kappa shape index (κ3) is 22.4. The molecule has 0 saturated carbocycles. The summed E-state index contributed by atoms with van der Waals surface area (Å²) in [5, 5.41) is 3.72. The van der Waals surface area contributed by atoms with Gasteiger partial charge < -0.3 is 30.3 Å². The van der Waals surface area contributed by atoms with Gasteiger partial charge >= 0.3 is 0 Å². The molecule has 244 valence electrons. The first-order chi connectivity index (χ1) is 19.8. The third-order valence-electron chi connectivity index (χ3n) is 8.13. The standard InChI is InChI=1S/C33H63P2.C5H5.Ru/c1-5-9-13-17-21-28-34(29-22-18-14-10-6-2)32-26-25-27-33(32)35(30-23-19-15-11-7-3)31-24-20-16-12-8-4;1-2-4-5-3-1;/h25-27H,5-24,28-31H2,1-4H3;1-5H;/q-1;-5;. The molecule has 0 aliphatic heterocycles. The molecule has 2 rings (SSSR count). The van der Waals surface area contributed by atoms with E-state index in [9.17, 15) is 0 Å². The molecule has 0 bridgehead atoms. The normalized spacial score (nSPS) is 11.1. The van der Waals surface area contributed by atoms with Crippen LogP contribution in [0, 0.1) is 0 Å². The zero-order chi connectivity index (χ0) is 28.9. The van der Waals surface area contributed by atoms with Crippen LogP contribution < -0.4 is 10.6 Å². The van der Waals surface area contributed by atoms with Crippen LogP contribution in [-0.2, 0) is 19.5 Å². The van der Waals surface area contributed by atoms with Crippen molar-refractivity contribution in [3.8, 4) is 0 Å². The molecule has 41 heavy (non-hydrogen) atoms. The molecule has 0 aliphatic carbocycles. The molecule has 0 heterocycles. The first-order valence-electron chi connectivity index (χ1n) is 17.7. The van der Waals surface area contributed by atoms with Gasteiger partial charge in [-0.1, -0.05) is 130 Å². The van der Waals surface area contributed by atoms with Crippen LogP contribution in [0.3, 0.4) is 0 Å². The first-order valence-corrected chi connectivity index (χ1v) is 21.1. The van der Waals surface area contributed by atoms with Gasteiger partial charge in [0.25, 0.3) is 0 Å². The summed E-state index contributed by atoms with van der Waals surface area (Å²) in [6, 6.07) is 17.6. The molecular weight excluding hydrogens is 619 g/mol. The van der Waals surface area contributed by atoms with E-state index in [1.54, 1.807) is 0 Å². The van der Waals surface area contributed by atoms with Crippen LogP contribution in [0.1, 0.15) is 156 Å². The van der Waals surface area contributed by atoms with Crippen LogP contribution in [0.5, 0.6) is 0 Å². The van der Waals surface area contributed by atoms with Crippen molar-refractivity contribution < 1.29 is 19.5 Å². The predicted octanol–water partition coefficient (Wildman–Crippen LogP) is 12.9. The molecule has 0 unspecified atom stereocenters. The smallest absolute Gasteiger partial charge is 0 e. The molecule has 0 aromatic heterocycles. The summed E-state index contributed by atoms with van der Waals surface area (Å²) in [6.07, 6.45) is 34.7. The van der Waals surface area contributed by atoms with E-state index in [2.05, 4.69) is 45.9 Å². The number of rotatable bonds is 26. The summed E-state index contributed by atoms with van der Waals surface area (Å²) < 4.78 is 0. The van der Waals surface area contributed by atoms with Crippen molar-refractivity contribution in [3.05, 3.63) is 48.5 Å². The first kappa shape index (κ1) is 41.2. The Morgan fingerprint density at radius 3 is 1.20 bits per heavy atom. The molecule has 0 atom stereocenters. The minimum atomic E-state index is 0. The maximum absolute atomic E-state index is 2.59. The van der Waals surface area contributed by atoms with Gasteiger partial charge in [-0.2, -0.15) is 6.07 Å². The van der Waals surface area contributed by atoms with E-state index in [-0.39, 0.29) is 35.3 Å². The van der Waals surface area contributed by atoms with Crippen LogP contribution in [-0.4, -0.2) is 24.6 Å². The van der Waals surface area contributed by atoms with Gasteiger partial charge in [-0.25, -0.2) is 12.1 Å². The molecular formula is C38H68P2Ru-6. The Labute approximate surface area is 274 Å². The second-order valence-electron chi connectivity index (χ2n) is 11.9. The van der Waals surface area contributed by atoms with Gasteiger partial charge in [0.15, 0.2) is 0 Å². The summed E-state index contributed by atoms with van der Waals surface area (Å²) >= 11 is 0. The van der Waals surface area contributed by atoms with Crippen molar-refractivity contribution >= 4 is 26.5 Å². The largest absolute Gasteiger partial charge is 0.748 e. The van der Waals surface area contributed by atoms with Crippen LogP contribution >= 0.6 is 15.8 Å². The van der Waals surface area contributed by atoms with Gasteiger partial charge in [0, 0.05) is 19.5 Å². The molecule has 2 aromatic carbocycles. The molecule has 0 fully saturated rings. The molecule has 0 nitrogen and oxygen atoms in total. The fourth-order valence-electron chi connectivity index (χ4n) is 5.59. The number of unbranched alkanes of at least 4 members (excludes halogenated alkanes) is 16. The zero-order valence-electron chi connectivity index (χ0n) is 27.8. The Kier molecular flexibility index (Phi) is 31.7. The zero-order valence-corrected chi connectivity index (χ0v) is 31.4. The molecule has 0 saturated heterocycles. The third-order valence-corrected chi connectivity index (χ3v) is 13.9. The van der Waals surface area contributed by atoms with Gasteiger partial charge in [0.2, 0.25) is 0 Å².